The van der Waals surface area contributed by atoms with Gasteiger partial charge in [-0.3, -0.25) is 0 Å². The maximum absolute atomic E-state index is 12.4. The normalized spacial score (nSPS) is 12.9. The number of fused-ring (bicyclic) bond motifs is 2. The van der Waals surface area contributed by atoms with E-state index in [0.29, 0.717) is 24.5 Å². The number of ether oxygens (including phenoxy) is 3. The molecule has 0 spiro atoms. The van der Waals surface area contributed by atoms with Gasteiger partial charge in [-0.1, -0.05) is 18.2 Å². The van der Waals surface area contributed by atoms with E-state index in [4.69, 9.17) is 14.2 Å². The maximum atomic E-state index is 12.4. The molecule has 3 aromatic rings. The number of nitrogens with zero attached hydrogens (tertiary/aromatic N) is 1. The monoisotopic (exact) mass is 422 g/mol. The third-order valence-electron chi connectivity index (χ3n) is 4.83. The minimum atomic E-state index is -0.407. The van der Waals surface area contributed by atoms with Gasteiger partial charge in [-0.25, -0.2) is 9.78 Å². The number of nitrogens with one attached hydrogen (secondary N) is 3. The Hall–Kier alpha value is -3.52. The summed E-state index contributed by atoms with van der Waals surface area (Å²) < 4.78 is 15.9. The topological polar surface area (TPSA) is 97.5 Å². The van der Waals surface area contributed by atoms with Gasteiger partial charge < -0.3 is 29.8 Å². The standard InChI is InChI=1S/C23H26N4O4/c1-2-29-23(28)17(22-26-18-6-3-4-7-19(18)27-22)14-25-11-5-10-24-13-16-8-9-20-21(12-16)31-15-30-20/h3-4,6-9,12,14,24-25H,2,5,10-11,13,15H2,1H3,(H,26,27). The molecule has 8 heteroatoms. The lowest BCUT2D eigenvalue weighted by Crippen LogP contribution is -2.20. The third-order valence-corrected chi connectivity index (χ3v) is 4.83. The SMILES string of the molecule is CCOC(=O)C(=CNCCCNCc1ccc2c(c1)OCO2)c1nc2ccccc2[nH]1. The number of esters is 1. The number of benzene rings is 2. The van der Waals surface area contributed by atoms with E-state index in [9.17, 15) is 4.79 Å². The molecular formula is C23H26N4O4. The van der Waals surface area contributed by atoms with Crippen molar-refractivity contribution in [1.82, 2.24) is 20.6 Å². The van der Waals surface area contributed by atoms with Crippen LogP contribution in [0.1, 0.15) is 24.7 Å². The molecule has 0 atom stereocenters. The number of aromatic amines is 1. The van der Waals surface area contributed by atoms with Gasteiger partial charge in [0.1, 0.15) is 11.4 Å². The Morgan fingerprint density at radius 2 is 2.06 bits per heavy atom. The number of aromatic nitrogens is 2. The lowest BCUT2D eigenvalue weighted by Gasteiger charge is -2.08. The van der Waals surface area contributed by atoms with E-state index in [-0.39, 0.29) is 6.79 Å². The van der Waals surface area contributed by atoms with Crippen molar-refractivity contribution in [3.8, 4) is 11.5 Å². The number of hydrogen-bond donors (Lipinski definition) is 3. The average Bonchev–Trinajstić information content (AvgIpc) is 3.42. The van der Waals surface area contributed by atoms with Crippen LogP contribution in [0.25, 0.3) is 16.6 Å². The summed E-state index contributed by atoms with van der Waals surface area (Å²) in [7, 11) is 0. The molecular weight excluding hydrogens is 396 g/mol. The first kappa shape index (κ1) is 20.7. The van der Waals surface area contributed by atoms with E-state index >= 15 is 0 Å². The third kappa shape index (κ3) is 5.16. The number of carbonyl (C=O) groups is 1. The summed E-state index contributed by atoms with van der Waals surface area (Å²) in [4.78, 5) is 20.1. The lowest BCUT2D eigenvalue weighted by atomic mass is 10.2. The van der Waals surface area contributed by atoms with Gasteiger partial charge in [0.2, 0.25) is 6.79 Å². The van der Waals surface area contributed by atoms with Crippen LogP contribution in [0.4, 0.5) is 0 Å². The molecule has 1 aliphatic rings. The first-order valence-corrected chi connectivity index (χ1v) is 10.4. The Kier molecular flexibility index (Phi) is 6.68. The van der Waals surface area contributed by atoms with Crippen LogP contribution >= 0.6 is 0 Å². The summed E-state index contributed by atoms with van der Waals surface area (Å²) in [6.07, 6.45) is 2.56. The Morgan fingerprint density at radius 1 is 1.19 bits per heavy atom. The van der Waals surface area contributed by atoms with E-state index in [1.807, 2.05) is 42.5 Å². The van der Waals surface area contributed by atoms with Crippen LogP contribution < -0.4 is 20.1 Å². The summed E-state index contributed by atoms with van der Waals surface area (Å²) in [6.45, 7) is 4.66. The van der Waals surface area contributed by atoms with Crippen LogP contribution in [0.15, 0.2) is 48.7 Å². The Balaban J connectivity index is 1.27. The van der Waals surface area contributed by atoms with Gasteiger partial charge in [0.15, 0.2) is 11.5 Å². The summed E-state index contributed by atoms with van der Waals surface area (Å²) in [5.41, 5.74) is 3.21. The Labute approximate surface area is 180 Å². The van der Waals surface area contributed by atoms with Gasteiger partial charge in [0.25, 0.3) is 0 Å². The molecule has 0 saturated heterocycles. The van der Waals surface area contributed by atoms with Crippen molar-refractivity contribution in [2.75, 3.05) is 26.5 Å². The van der Waals surface area contributed by atoms with Crippen molar-refractivity contribution < 1.29 is 19.0 Å². The predicted molar refractivity (Wildman–Crippen MR) is 118 cm³/mol. The summed E-state index contributed by atoms with van der Waals surface area (Å²) >= 11 is 0. The molecule has 0 unspecified atom stereocenters. The minimum absolute atomic E-state index is 0.285. The van der Waals surface area contributed by atoms with Crippen LogP contribution in [0.3, 0.4) is 0 Å². The lowest BCUT2D eigenvalue weighted by molar-refractivity contribution is -0.136. The zero-order chi connectivity index (χ0) is 21.5. The van der Waals surface area contributed by atoms with Gasteiger partial charge in [-0.2, -0.15) is 0 Å². The zero-order valence-corrected chi connectivity index (χ0v) is 17.4. The quantitative estimate of drug-likeness (QED) is 0.263. The van der Waals surface area contributed by atoms with Crippen molar-refractivity contribution in [1.29, 1.82) is 0 Å². The fourth-order valence-electron chi connectivity index (χ4n) is 3.29. The molecule has 31 heavy (non-hydrogen) atoms. The van der Waals surface area contributed by atoms with E-state index in [0.717, 1.165) is 47.6 Å². The predicted octanol–water partition coefficient (Wildman–Crippen LogP) is 2.97. The molecule has 0 amide bonds. The smallest absolute Gasteiger partial charge is 0.343 e. The van der Waals surface area contributed by atoms with Gasteiger partial charge in [0.05, 0.1) is 17.6 Å². The molecule has 2 heterocycles. The van der Waals surface area contributed by atoms with Crippen molar-refractivity contribution >= 4 is 22.6 Å². The first-order valence-electron chi connectivity index (χ1n) is 10.4. The van der Waals surface area contributed by atoms with E-state index in [1.54, 1.807) is 13.1 Å². The van der Waals surface area contributed by atoms with E-state index in [1.165, 1.54) is 0 Å². The van der Waals surface area contributed by atoms with Crippen LogP contribution in [-0.4, -0.2) is 42.4 Å². The molecule has 2 aromatic carbocycles. The largest absolute Gasteiger partial charge is 0.462 e. The van der Waals surface area contributed by atoms with Crippen molar-refractivity contribution in [2.24, 2.45) is 0 Å². The zero-order valence-electron chi connectivity index (χ0n) is 17.4. The molecule has 162 valence electrons. The molecule has 8 nitrogen and oxygen atoms in total. The highest BCUT2D eigenvalue weighted by molar-refractivity contribution is 6.15. The van der Waals surface area contributed by atoms with Gasteiger partial charge in [-0.05, 0) is 49.7 Å². The molecule has 1 aromatic heterocycles. The van der Waals surface area contributed by atoms with Gasteiger partial charge >= 0.3 is 5.97 Å². The summed E-state index contributed by atoms with van der Waals surface area (Å²) in [5.74, 6) is 1.67. The summed E-state index contributed by atoms with van der Waals surface area (Å²) in [5, 5.41) is 6.61. The number of carbonyl (C=O) groups excluding carboxylic acids is 1. The highest BCUT2D eigenvalue weighted by atomic mass is 16.7. The van der Waals surface area contributed by atoms with Crippen LogP contribution in [0.5, 0.6) is 11.5 Å². The van der Waals surface area contributed by atoms with Crippen molar-refractivity contribution in [2.45, 2.75) is 19.9 Å². The van der Waals surface area contributed by atoms with Gasteiger partial charge in [-0.15, -0.1) is 0 Å². The second-order valence-corrected chi connectivity index (χ2v) is 7.05. The summed E-state index contributed by atoms with van der Waals surface area (Å²) in [6, 6.07) is 13.6. The van der Waals surface area contributed by atoms with Gasteiger partial charge in [0, 0.05) is 19.3 Å². The minimum Gasteiger partial charge on any atom is -0.462 e. The van der Waals surface area contributed by atoms with E-state index in [2.05, 4.69) is 20.6 Å². The first-order chi connectivity index (χ1) is 15.2. The molecule has 1 aliphatic heterocycles. The maximum Gasteiger partial charge on any atom is 0.343 e. The molecule has 0 fully saturated rings. The highest BCUT2D eigenvalue weighted by Gasteiger charge is 2.17. The van der Waals surface area contributed by atoms with Crippen molar-refractivity contribution in [3.63, 3.8) is 0 Å². The van der Waals surface area contributed by atoms with Crippen LogP contribution in [0, 0.1) is 0 Å². The fraction of sp³-hybridized carbons (Fsp3) is 0.304. The number of para-hydroxylation sites is 2. The van der Waals surface area contributed by atoms with Crippen LogP contribution in [0.2, 0.25) is 0 Å². The highest BCUT2D eigenvalue weighted by Crippen LogP contribution is 2.32. The number of rotatable bonds is 10. The molecule has 0 bridgehead atoms. The molecule has 0 radical (unpaired) electrons. The molecule has 0 aliphatic carbocycles. The van der Waals surface area contributed by atoms with Crippen LogP contribution in [-0.2, 0) is 16.1 Å². The van der Waals surface area contributed by atoms with Crippen molar-refractivity contribution in [3.05, 3.63) is 60.1 Å². The molecule has 0 saturated carbocycles. The Bertz CT molecular complexity index is 1040. The average molecular weight is 422 g/mol. The fourth-order valence-corrected chi connectivity index (χ4v) is 3.29. The Morgan fingerprint density at radius 3 is 2.94 bits per heavy atom. The molecule has 3 N–H and O–H groups in total. The second-order valence-electron chi connectivity index (χ2n) is 7.05. The van der Waals surface area contributed by atoms with E-state index < -0.39 is 5.97 Å². The number of hydrogen-bond acceptors (Lipinski definition) is 7. The number of imidazole rings is 1. The molecule has 4 rings (SSSR count). The second kappa shape index (κ2) is 9.99. The number of H-pyrrole nitrogens is 1.